The third kappa shape index (κ3) is 5.42. The normalized spacial score (nSPS) is 14.9. The molecule has 76 valence electrons. The van der Waals surface area contributed by atoms with Crippen LogP contribution in [0.25, 0.3) is 0 Å². The van der Waals surface area contributed by atoms with Crippen LogP contribution in [0.4, 0.5) is 0 Å². The second-order valence-electron chi connectivity index (χ2n) is 3.24. The number of aliphatic hydroxyl groups is 1. The third-order valence-corrected chi connectivity index (χ3v) is 2.06. The summed E-state index contributed by atoms with van der Waals surface area (Å²) in [6.07, 6.45) is 3.30. The van der Waals surface area contributed by atoms with Crippen molar-refractivity contribution in [3.8, 4) is 0 Å². The summed E-state index contributed by atoms with van der Waals surface area (Å²) in [4.78, 5) is 10.3. The lowest BCUT2D eigenvalue weighted by molar-refractivity contribution is -0.140. The highest BCUT2D eigenvalue weighted by atomic mass is 16.4. The van der Waals surface area contributed by atoms with Crippen molar-refractivity contribution in [1.82, 2.24) is 0 Å². The molecule has 2 atom stereocenters. The Morgan fingerprint density at radius 2 is 2.23 bits per heavy atom. The molecule has 0 aromatic heterocycles. The van der Waals surface area contributed by atoms with Crippen LogP contribution in [0.15, 0.2) is 12.7 Å². The fraction of sp³-hybridized carbons (Fsp3) is 0.700. The lowest BCUT2D eigenvalue weighted by Gasteiger charge is -2.19. The number of carboxylic acids is 1. The van der Waals surface area contributed by atoms with Gasteiger partial charge < -0.3 is 10.2 Å². The van der Waals surface area contributed by atoms with Crippen molar-refractivity contribution in [3.05, 3.63) is 12.7 Å². The van der Waals surface area contributed by atoms with Crippen LogP contribution in [0.3, 0.4) is 0 Å². The predicted molar refractivity (Wildman–Crippen MR) is 51.5 cm³/mol. The number of aliphatic hydroxyl groups excluding tert-OH is 1. The molecule has 0 amide bonds. The van der Waals surface area contributed by atoms with Gasteiger partial charge in [-0.3, -0.25) is 4.79 Å². The van der Waals surface area contributed by atoms with Crippen molar-refractivity contribution >= 4 is 5.97 Å². The number of hydrogen-bond acceptors (Lipinski definition) is 2. The van der Waals surface area contributed by atoms with Gasteiger partial charge in [-0.05, 0) is 18.8 Å². The Hall–Kier alpha value is -0.830. The van der Waals surface area contributed by atoms with Gasteiger partial charge in [0.1, 0.15) is 0 Å². The maximum atomic E-state index is 10.3. The van der Waals surface area contributed by atoms with Gasteiger partial charge in [0.2, 0.25) is 0 Å². The molecule has 0 rings (SSSR count). The fourth-order valence-corrected chi connectivity index (χ4v) is 1.40. The van der Waals surface area contributed by atoms with E-state index in [1.54, 1.807) is 6.08 Å². The molecule has 0 aromatic rings. The SMILES string of the molecule is C=CCC(CCC)C(O)CC(=O)O. The number of hydrogen-bond donors (Lipinski definition) is 2. The number of aliphatic carboxylic acids is 1. The van der Waals surface area contributed by atoms with E-state index >= 15 is 0 Å². The molecule has 0 spiro atoms. The minimum atomic E-state index is -0.947. The summed E-state index contributed by atoms with van der Waals surface area (Å²) in [5.74, 6) is -0.906. The maximum Gasteiger partial charge on any atom is 0.305 e. The zero-order chi connectivity index (χ0) is 10.3. The van der Waals surface area contributed by atoms with E-state index in [2.05, 4.69) is 6.58 Å². The van der Waals surface area contributed by atoms with Crippen molar-refractivity contribution in [2.24, 2.45) is 5.92 Å². The summed E-state index contributed by atoms with van der Waals surface area (Å²) in [5.41, 5.74) is 0. The van der Waals surface area contributed by atoms with E-state index in [4.69, 9.17) is 5.11 Å². The van der Waals surface area contributed by atoms with Crippen LogP contribution in [0.2, 0.25) is 0 Å². The van der Waals surface area contributed by atoms with E-state index in [0.717, 1.165) is 12.8 Å². The first-order chi connectivity index (χ1) is 6.11. The molecule has 0 aromatic carbocycles. The first kappa shape index (κ1) is 12.2. The van der Waals surface area contributed by atoms with Gasteiger partial charge in [-0.15, -0.1) is 6.58 Å². The quantitative estimate of drug-likeness (QED) is 0.596. The van der Waals surface area contributed by atoms with Crippen molar-refractivity contribution in [3.63, 3.8) is 0 Å². The van der Waals surface area contributed by atoms with Crippen molar-refractivity contribution in [2.75, 3.05) is 0 Å². The van der Waals surface area contributed by atoms with Crippen LogP contribution in [-0.2, 0) is 4.79 Å². The van der Waals surface area contributed by atoms with Crippen LogP contribution in [0.1, 0.15) is 32.6 Å². The molecule has 13 heavy (non-hydrogen) atoms. The highest BCUT2D eigenvalue weighted by Gasteiger charge is 2.19. The number of carboxylic acid groups (broad SMARTS) is 1. The number of rotatable bonds is 7. The Bertz CT molecular complexity index is 166. The van der Waals surface area contributed by atoms with E-state index in [0.29, 0.717) is 6.42 Å². The monoisotopic (exact) mass is 186 g/mol. The molecule has 3 nitrogen and oxygen atoms in total. The summed E-state index contributed by atoms with van der Waals surface area (Å²) in [6.45, 7) is 5.60. The van der Waals surface area contributed by atoms with Crippen LogP contribution in [0.5, 0.6) is 0 Å². The van der Waals surface area contributed by atoms with Crippen LogP contribution < -0.4 is 0 Å². The minimum Gasteiger partial charge on any atom is -0.481 e. The highest BCUT2D eigenvalue weighted by molar-refractivity contribution is 5.67. The molecule has 0 aliphatic rings. The first-order valence-electron chi connectivity index (χ1n) is 4.62. The molecule has 2 unspecified atom stereocenters. The van der Waals surface area contributed by atoms with Gasteiger partial charge in [-0.1, -0.05) is 19.4 Å². The lowest BCUT2D eigenvalue weighted by atomic mass is 9.92. The van der Waals surface area contributed by atoms with Crippen LogP contribution >= 0.6 is 0 Å². The highest BCUT2D eigenvalue weighted by Crippen LogP contribution is 2.18. The molecular formula is C10H18O3. The molecule has 0 bridgehead atoms. The Morgan fingerprint density at radius 1 is 1.62 bits per heavy atom. The van der Waals surface area contributed by atoms with E-state index < -0.39 is 12.1 Å². The lowest BCUT2D eigenvalue weighted by Crippen LogP contribution is -2.23. The van der Waals surface area contributed by atoms with Crippen molar-refractivity contribution in [1.29, 1.82) is 0 Å². The van der Waals surface area contributed by atoms with E-state index in [1.165, 1.54) is 0 Å². The fourth-order valence-electron chi connectivity index (χ4n) is 1.40. The first-order valence-corrected chi connectivity index (χ1v) is 4.62. The van der Waals surface area contributed by atoms with E-state index in [1.807, 2.05) is 6.92 Å². The van der Waals surface area contributed by atoms with Gasteiger partial charge in [-0.25, -0.2) is 0 Å². The number of allylic oxidation sites excluding steroid dienone is 1. The van der Waals surface area contributed by atoms with Gasteiger partial charge >= 0.3 is 5.97 Å². The van der Waals surface area contributed by atoms with Crippen LogP contribution in [0, 0.1) is 5.92 Å². The molecule has 0 saturated carbocycles. The molecule has 2 N–H and O–H groups in total. The van der Waals surface area contributed by atoms with Gasteiger partial charge in [0.25, 0.3) is 0 Å². The number of carbonyl (C=O) groups is 1. The van der Waals surface area contributed by atoms with E-state index in [-0.39, 0.29) is 12.3 Å². The largest absolute Gasteiger partial charge is 0.481 e. The summed E-state index contributed by atoms with van der Waals surface area (Å²) in [5, 5.41) is 18.0. The predicted octanol–water partition coefficient (Wildman–Crippen LogP) is 1.81. The molecule has 0 heterocycles. The third-order valence-electron chi connectivity index (χ3n) is 2.06. The Labute approximate surface area is 79.1 Å². The van der Waals surface area contributed by atoms with Gasteiger partial charge in [0.15, 0.2) is 0 Å². The Balaban J connectivity index is 4.00. The van der Waals surface area contributed by atoms with Gasteiger partial charge in [-0.2, -0.15) is 0 Å². The Morgan fingerprint density at radius 3 is 2.62 bits per heavy atom. The molecule has 0 aliphatic carbocycles. The van der Waals surface area contributed by atoms with Crippen molar-refractivity contribution < 1.29 is 15.0 Å². The Kier molecular flexibility index (Phi) is 6.24. The average Bonchev–Trinajstić information content (AvgIpc) is 2.02. The second-order valence-corrected chi connectivity index (χ2v) is 3.24. The molecule has 0 fully saturated rings. The maximum absolute atomic E-state index is 10.3. The van der Waals surface area contributed by atoms with Gasteiger partial charge in [0.05, 0.1) is 12.5 Å². The van der Waals surface area contributed by atoms with E-state index in [9.17, 15) is 9.90 Å². The molecule has 0 radical (unpaired) electrons. The molecule has 0 saturated heterocycles. The summed E-state index contributed by atoms with van der Waals surface area (Å²) < 4.78 is 0. The summed E-state index contributed by atoms with van der Waals surface area (Å²) in [7, 11) is 0. The zero-order valence-electron chi connectivity index (χ0n) is 8.07. The zero-order valence-corrected chi connectivity index (χ0v) is 8.07. The molecule has 0 aliphatic heterocycles. The minimum absolute atomic E-state index is 0.0404. The second kappa shape index (κ2) is 6.66. The summed E-state index contributed by atoms with van der Waals surface area (Å²) >= 11 is 0. The smallest absolute Gasteiger partial charge is 0.305 e. The average molecular weight is 186 g/mol. The summed E-state index contributed by atoms with van der Waals surface area (Å²) in [6, 6.07) is 0. The van der Waals surface area contributed by atoms with Gasteiger partial charge in [0, 0.05) is 0 Å². The molecule has 3 heteroatoms. The molecular weight excluding hydrogens is 168 g/mol. The standard InChI is InChI=1S/C10H18O3/c1-3-5-8(6-4-2)9(11)7-10(12)13/h3,8-9,11H,1,4-7H2,2H3,(H,12,13). The van der Waals surface area contributed by atoms with Crippen LogP contribution in [-0.4, -0.2) is 22.3 Å². The van der Waals surface area contributed by atoms with Crippen molar-refractivity contribution in [2.45, 2.75) is 38.7 Å². The topological polar surface area (TPSA) is 57.5 Å².